The van der Waals surface area contributed by atoms with Crippen molar-refractivity contribution in [2.75, 3.05) is 0 Å². The molecule has 0 spiro atoms. The summed E-state index contributed by atoms with van der Waals surface area (Å²) >= 11 is 0. The van der Waals surface area contributed by atoms with Gasteiger partial charge in [0, 0.05) is 22.6 Å². The number of rotatable bonds is 1. The van der Waals surface area contributed by atoms with Crippen LogP contribution in [0.3, 0.4) is 0 Å². The average molecular weight is 434 g/mol. The van der Waals surface area contributed by atoms with E-state index in [0.717, 1.165) is 34.9 Å². The second-order valence-electron chi connectivity index (χ2n) is 9.25. The molecule has 2 aromatic heterocycles. The predicted molar refractivity (Wildman–Crippen MR) is 116 cm³/mol. The molecule has 7 heteroatoms. The zero-order chi connectivity index (χ0) is 22.5. The number of benzene rings is 1. The van der Waals surface area contributed by atoms with E-state index in [1.54, 1.807) is 17.6 Å². The normalized spacial score (nSPS) is 23.0. The molecule has 3 aromatic rings. The Morgan fingerprint density at radius 1 is 1.28 bits per heavy atom. The van der Waals surface area contributed by atoms with Crippen LogP contribution in [-0.2, 0) is 34.7 Å². The second-order valence-corrected chi connectivity index (χ2v) is 9.25. The highest BCUT2D eigenvalue weighted by Gasteiger charge is 2.45. The van der Waals surface area contributed by atoms with Crippen molar-refractivity contribution < 1.29 is 19.0 Å². The predicted octanol–water partition coefficient (Wildman–Crippen LogP) is 3.58. The number of hydrogen-bond acceptors (Lipinski definition) is 5. The summed E-state index contributed by atoms with van der Waals surface area (Å²) in [7, 11) is 0. The van der Waals surface area contributed by atoms with Crippen LogP contribution in [0.25, 0.3) is 22.3 Å². The van der Waals surface area contributed by atoms with Gasteiger partial charge in [-0.3, -0.25) is 4.79 Å². The van der Waals surface area contributed by atoms with Crippen LogP contribution in [0, 0.1) is 12.7 Å². The summed E-state index contributed by atoms with van der Waals surface area (Å²) in [5, 5.41) is 12.0. The minimum Gasteiger partial charge on any atom is -0.458 e. The zero-order valence-electron chi connectivity index (χ0n) is 18.2. The molecule has 1 N–H and O–H groups in total. The molecule has 0 radical (unpaired) electrons. The molecule has 2 unspecified atom stereocenters. The van der Waals surface area contributed by atoms with E-state index in [9.17, 15) is 19.1 Å². The number of pyridine rings is 2. The highest BCUT2D eigenvalue weighted by molar-refractivity contribution is 5.93. The van der Waals surface area contributed by atoms with Gasteiger partial charge < -0.3 is 14.4 Å². The Kier molecular flexibility index (Phi) is 3.83. The van der Waals surface area contributed by atoms with Gasteiger partial charge in [-0.1, -0.05) is 13.8 Å². The lowest BCUT2D eigenvalue weighted by atomic mass is 9.79. The minimum atomic E-state index is -1.86. The van der Waals surface area contributed by atoms with Crippen LogP contribution in [0.15, 0.2) is 16.9 Å². The number of fused-ring (bicyclic) bond motifs is 5. The number of aromatic nitrogens is 2. The van der Waals surface area contributed by atoms with Crippen LogP contribution in [-0.4, -0.2) is 20.6 Å². The number of carbonyl (C=O) groups is 1. The van der Waals surface area contributed by atoms with Crippen LogP contribution < -0.4 is 5.56 Å². The SMILES string of the molecule is CCC1(O)C(=O)OCc2c1cc1n(c2=O)Cc2c-1nc1cc(F)c(C)c3c1c2C(C)CC3. The molecule has 0 saturated carbocycles. The molecule has 0 amide bonds. The average Bonchev–Trinajstić information content (AvgIpc) is 3.14. The molecular formula is C25H23FN2O4. The summed E-state index contributed by atoms with van der Waals surface area (Å²) in [5.41, 5.74) is 4.02. The van der Waals surface area contributed by atoms with Gasteiger partial charge >= 0.3 is 5.97 Å². The lowest BCUT2D eigenvalue weighted by molar-refractivity contribution is -0.172. The van der Waals surface area contributed by atoms with Crippen molar-refractivity contribution in [3.05, 3.63) is 61.7 Å². The molecule has 0 bridgehead atoms. The fourth-order valence-electron chi connectivity index (χ4n) is 5.79. The van der Waals surface area contributed by atoms with Crippen molar-refractivity contribution in [2.24, 2.45) is 0 Å². The van der Waals surface area contributed by atoms with Gasteiger partial charge in [0.15, 0.2) is 5.60 Å². The third-order valence-electron chi connectivity index (χ3n) is 7.67. The van der Waals surface area contributed by atoms with Crippen molar-refractivity contribution in [1.29, 1.82) is 0 Å². The van der Waals surface area contributed by atoms with E-state index in [2.05, 4.69) is 6.92 Å². The number of carbonyl (C=O) groups excluding carboxylic acids is 1. The molecule has 6 rings (SSSR count). The highest BCUT2D eigenvalue weighted by Crippen LogP contribution is 2.46. The lowest BCUT2D eigenvalue weighted by Gasteiger charge is -2.31. The minimum absolute atomic E-state index is 0.0931. The van der Waals surface area contributed by atoms with E-state index in [1.807, 2.05) is 6.92 Å². The monoisotopic (exact) mass is 434 g/mol. The van der Waals surface area contributed by atoms with Crippen molar-refractivity contribution >= 4 is 16.9 Å². The zero-order valence-corrected chi connectivity index (χ0v) is 18.2. The first-order valence-electron chi connectivity index (χ1n) is 11.1. The van der Waals surface area contributed by atoms with Gasteiger partial charge in [0.1, 0.15) is 12.4 Å². The van der Waals surface area contributed by atoms with Gasteiger partial charge in [-0.25, -0.2) is 14.2 Å². The number of cyclic esters (lactones) is 1. The van der Waals surface area contributed by atoms with Crippen molar-refractivity contribution in [3.63, 3.8) is 0 Å². The van der Waals surface area contributed by atoms with Crippen LogP contribution >= 0.6 is 0 Å². The summed E-state index contributed by atoms with van der Waals surface area (Å²) < 4.78 is 21.5. The van der Waals surface area contributed by atoms with Gasteiger partial charge in [-0.05, 0) is 54.9 Å². The summed E-state index contributed by atoms with van der Waals surface area (Å²) in [6.45, 7) is 5.87. The lowest BCUT2D eigenvalue weighted by Crippen LogP contribution is -2.44. The molecule has 2 atom stereocenters. The molecule has 1 aromatic carbocycles. The van der Waals surface area contributed by atoms with E-state index in [1.165, 1.54) is 6.07 Å². The number of esters is 1. The molecular weight excluding hydrogens is 411 g/mol. The van der Waals surface area contributed by atoms with Gasteiger partial charge in [0.05, 0.1) is 29.0 Å². The second kappa shape index (κ2) is 6.25. The molecule has 4 heterocycles. The Morgan fingerprint density at radius 2 is 2.06 bits per heavy atom. The molecule has 0 saturated heterocycles. The first-order chi connectivity index (χ1) is 15.3. The van der Waals surface area contributed by atoms with E-state index >= 15 is 0 Å². The van der Waals surface area contributed by atoms with Crippen molar-refractivity contribution in [1.82, 2.24) is 9.55 Å². The Hall–Kier alpha value is -3.06. The van der Waals surface area contributed by atoms with Crippen LogP contribution in [0.5, 0.6) is 0 Å². The van der Waals surface area contributed by atoms with Gasteiger partial charge in [0.25, 0.3) is 5.56 Å². The van der Waals surface area contributed by atoms with E-state index in [-0.39, 0.29) is 30.3 Å². The molecule has 3 aliphatic rings. The topological polar surface area (TPSA) is 81.4 Å². The Morgan fingerprint density at radius 3 is 2.81 bits per heavy atom. The maximum atomic E-state index is 14.7. The van der Waals surface area contributed by atoms with Gasteiger partial charge in [-0.15, -0.1) is 0 Å². The van der Waals surface area contributed by atoms with E-state index in [4.69, 9.17) is 9.72 Å². The van der Waals surface area contributed by atoms with Gasteiger partial charge in [0.2, 0.25) is 0 Å². The number of aliphatic hydroxyl groups is 1. The first-order valence-corrected chi connectivity index (χ1v) is 11.1. The number of nitrogens with zero attached hydrogens (tertiary/aromatic N) is 2. The summed E-state index contributed by atoms with van der Waals surface area (Å²) in [6, 6.07) is 3.19. The smallest absolute Gasteiger partial charge is 0.343 e. The first kappa shape index (κ1) is 19.6. The van der Waals surface area contributed by atoms with E-state index in [0.29, 0.717) is 40.1 Å². The Bertz CT molecular complexity index is 1440. The third kappa shape index (κ3) is 2.24. The van der Waals surface area contributed by atoms with Crippen molar-refractivity contribution in [3.8, 4) is 11.4 Å². The highest BCUT2D eigenvalue weighted by atomic mass is 19.1. The van der Waals surface area contributed by atoms with Crippen LogP contribution in [0.1, 0.15) is 66.0 Å². The number of hydrogen-bond donors (Lipinski definition) is 1. The third-order valence-corrected chi connectivity index (χ3v) is 7.67. The Balaban J connectivity index is 1.70. The molecule has 164 valence electrons. The largest absolute Gasteiger partial charge is 0.458 e. The molecule has 1 aliphatic carbocycles. The number of aryl methyl sites for hydroxylation is 1. The summed E-state index contributed by atoms with van der Waals surface area (Å²) in [4.78, 5) is 30.6. The maximum absolute atomic E-state index is 14.7. The molecule has 0 fully saturated rings. The number of ether oxygens (including phenoxy) is 1. The number of halogens is 1. The summed E-state index contributed by atoms with van der Waals surface area (Å²) in [5.74, 6) is -0.763. The fourth-order valence-corrected chi connectivity index (χ4v) is 5.79. The summed E-state index contributed by atoms with van der Waals surface area (Å²) in [6.07, 6.45) is 1.80. The molecule has 32 heavy (non-hydrogen) atoms. The Labute approximate surface area is 183 Å². The quantitative estimate of drug-likeness (QED) is 0.463. The standard InChI is InChI=1S/C25H23FN2O4/c1-4-25(31)16-7-19-22-14(9-28(19)23(29)15(16)10-32-24(25)30)20-11(2)5-6-13-12(3)17(26)8-18(27-22)21(13)20/h7-8,11,31H,4-6,9-10H2,1-3H3. The fraction of sp³-hybridized carbons (Fsp3) is 0.400. The maximum Gasteiger partial charge on any atom is 0.343 e. The van der Waals surface area contributed by atoms with Crippen LogP contribution in [0.2, 0.25) is 0 Å². The van der Waals surface area contributed by atoms with Gasteiger partial charge in [-0.2, -0.15) is 0 Å². The van der Waals surface area contributed by atoms with Crippen molar-refractivity contribution in [2.45, 2.75) is 64.7 Å². The molecule has 2 aliphatic heterocycles. The van der Waals surface area contributed by atoms with Crippen LogP contribution in [0.4, 0.5) is 4.39 Å². The molecule has 6 nitrogen and oxygen atoms in total. The van der Waals surface area contributed by atoms with E-state index < -0.39 is 11.6 Å².